The van der Waals surface area contributed by atoms with Crippen LogP contribution in [0, 0.1) is 6.92 Å². The third kappa shape index (κ3) is 4.28. The Labute approximate surface area is 122 Å². The van der Waals surface area contributed by atoms with Crippen LogP contribution in [0.25, 0.3) is 0 Å². The number of nitrogens with one attached hydrogen (secondary N) is 1. The predicted molar refractivity (Wildman–Crippen MR) is 86.2 cm³/mol. The Morgan fingerprint density at radius 1 is 1.58 bits per heavy atom. The molecule has 0 saturated heterocycles. The van der Waals surface area contributed by atoms with Gasteiger partial charge in [-0.05, 0) is 31.0 Å². The second-order valence-corrected chi connectivity index (χ2v) is 6.90. The third-order valence-corrected chi connectivity index (χ3v) is 5.32. The van der Waals surface area contributed by atoms with Crippen LogP contribution in [0.2, 0.25) is 0 Å². The molecule has 3 nitrogen and oxygen atoms in total. The lowest BCUT2D eigenvalue weighted by Gasteiger charge is -2.14. The Hall–Kier alpha value is -0.940. The van der Waals surface area contributed by atoms with Gasteiger partial charge in [0.1, 0.15) is 4.38 Å². The fourth-order valence-electron chi connectivity index (χ4n) is 1.78. The average Bonchev–Trinajstić information content (AvgIpc) is 2.88. The maximum Gasteiger partial charge on any atom is 0.237 e. The number of nitrogens with zero attached hydrogens (tertiary/aromatic N) is 1. The normalized spacial score (nSPS) is 16.0. The Kier molecular flexibility index (Phi) is 5.34. The molecule has 0 saturated carbocycles. The van der Waals surface area contributed by atoms with Gasteiger partial charge in [0.2, 0.25) is 5.91 Å². The molecule has 1 N–H and O–H groups in total. The minimum atomic E-state index is -0.0649. The fraction of sp³-hybridized carbons (Fsp3) is 0.429. The molecule has 0 fully saturated rings. The van der Waals surface area contributed by atoms with Crippen molar-refractivity contribution in [2.45, 2.75) is 25.5 Å². The van der Waals surface area contributed by atoms with Crippen molar-refractivity contribution in [3.05, 3.63) is 29.8 Å². The van der Waals surface area contributed by atoms with E-state index in [2.05, 4.69) is 10.3 Å². The molecule has 1 aromatic rings. The summed E-state index contributed by atoms with van der Waals surface area (Å²) in [6, 6.07) is 7.88. The smallest absolute Gasteiger partial charge is 0.237 e. The van der Waals surface area contributed by atoms with E-state index in [1.807, 2.05) is 38.1 Å². The molecule has 0 spiro atoms. The fourth-order valence-corrected chi connectivity index (χ4v) is 3.93. The lowest BCUT2D eigenvalue weighted by atomic mass is 10.2. The molecule has 0 bridgehead atoms. The number of aryl methyl sites for hydroxylation is 1. The minimum Gasteiger partial charge on any atom is -0.325 e. The van der Waals surface area contributed by atoms with Crippen LogP contribution in [0.5, 0.6) is 0 Å². The first-order valence-corrected chi connectivity index (χ1v) is 8.27. The number of amides is 1. The molecule has 2 rings (SSSR count). The van der Waals surface area contributed by atoms with Crippen LogP contribution in [0.1, 0.15) is 18.9 Å². The van der Waals surface area contributed by atoms with Crippen LogP contribution in [-0.4, -0.2) is 27.8 Å². The summed E-state index contributed by atoms with van der Waals surface area (Å²) in [5, 5.41) is 2.92. The van der Waals surface area contributed by atoms with Crippen molar-refractivity contribution in [2.75, 3.05) is 17.6 Å². The molecule has 102 valence electrons. The molecule has 1 amide bonds. The summed E-state index contributed by atoms with van der Waals surface area (Å²) >= 11 is 3.33. The molecule has 1 heterocycles. The Balaban J connectivity index is 1.96. The minimum absolute atomic E-state index is 0.0632. The maximum atomic E-state index is 12.2. The first-order valence-electron chi connectivity index (χ1n) is 6.40. The second kappa shape index (κ2) is 7.01. The van der Waals surface area contributed by atoms with E-state index in [0.717, 1.165) is 34.3 Å². The van der Waals surface area contributed by atoms with Crippen molar-refractivity contribution in [3.8, 4) is 0 Å². The number of hydrogen-bond donors (Lipinski definition) is 1. The largest absolute Gasteiger partial charge is 0.325 e. The number of aliphatic imine (C=N–C) groups is 1. The van der Waals surface area contributed by atoms with Crippen molar-refractivity contribution < 1.29 is 4.79 Å². The number of carbonyl (C=O) groups excluding carboxylic acids is 1. The molecule has 5 heteroatoms. The lowest BCUT2D eigenvalue weighted by molar-refractivity contribution is -0.115. The van der Waals surface area contributed by atoms with E-state index in [4.69, 9.17) is 0 Å². The SMILES string of the molecule is CCC(SC1=NCCS1)C(=O)Nc1cccc(C)c1. The van der Waals surface area contributed by atoms with Crippen molar-refractivity contribution in [1.29, 1.82) is 0 Å². The topological polar surface area (TPSA) is 41.5 Å². The van der Waals surface area contributed by atoms with E-state index in [0.29, 0.717) is 0 Å². The highest BCUT2D eigenvalue weighted by molar-refractivity contribution is 8.39. The first-order chi connectivity index (χ1) is 9.19. The van der Waals surface area contributed by atoms with Gasteiger partial charge in [-0.3, -0.25) is 9.79 Å². The maximum absolute atomic E-state index is 12.2. The van der Waals surface area contributed by atoms with Gasteiger partial charge in [-0.25, -0.2) is 0 Å². The highest BCUT2D eigenvalue weighted by atomic mass is 32.2. The summed E-state index contributed by atoms with van der Waals surface area (Å²) in [6.07, 6.45) is 0.807. The molecule has 0 aliphatic carbocycles. The van der Waals surface area contributed by atoms with Crippen molar-refractivity contribution >= 4 is 39.5 Å². The van der Waals surface area contributed by atoms with Crippen molar-refractivity contribution in [2.24, 2.45) is 4.99 Å². The highest BCUT2D eigenvalue weighted by Crippen LogP contribution is 2.28. The number of carbonyl (C=O) groups is 1. The molecular weight excluding hydrogens is 276 g/mol. The average molecular weight is 294 g/mol. The molecule has 1 aromatic carbocycles. The van der Waals surface area contributed by atoms with Crippen LogP contribution < -0.4 is 5.32 Å². The molecule has 19 heavy (non-hydrogen) atoms. The van der Waals surface area contributed by atoms with Crippen LogP contribution in [0.15, 0.2) is 29.3 Å². The van der Waals surface area contributed by atoms with E-state index in [9.17, 15) is 4.79 Å². The zero-order valence-electron chi connectivity index (χ0n) is 11.2. The number of hydrogen-bond acceptors (Lipinski definition) is 4. The van der Waals surface area contributed by atoms with E-state index in [1.165, 1.54) is 0 Å². The predicted octanol–water partition coefficient (Wildman–Crippen LogP) is 3.55. The lowest BCUT2D eigenvalue weighted by Crippen LogP contribution is -2.25. The van der Waals surface area contributed by atoms with Gasteiger partial charge in [-0.15, -0.1) is 0 Å². The van der Waals surface area contributed by atoms with Crippen molar-refractivity contribution in [1.82, 2.24) is 0 Å². The monoisotopic (exact) mass is 294 g/mol. The van der Waals surface area contributed by atoms with Gasteiger partial charge in [0.25, 0.3) is 0 Å². The summed E-state index contributed by atoms with van der Waals surface area (Å²) in [5.41, 5.74) is 2.01. The summed E-state index contributed by atoms with van der Waals surface area (Å²) in [5.74, 6) is 1.10. The van der Waals surface area contributed by atoms with E-state index in [1.54, 1.807) is 23.5 Å². The van der Waals surface area contributed by atoms with Crippen LogP contribution >= 0.6 is 23.5 Å². The zero-order valence-corrected chi connectivity index (χ0v) is 12.8. The molecule has 0 radical (unpaired) electrons. The van der Waals surface area contributed by atoms with Gasteiger partial charge in [0.15, 0.2) is 0 Å². The summed E-state index contributed by atoms with van der Waals surface area (Å²) in [4.78, 5) is 16.6. The summed E-state index contributed by atoms with van der Waals surface area (Å²) < 4.78 is 1.05. The standard InChI is InChI=1S/C14H18N2OS2/c1-3-12(19-14-15-7-8-18-14)13(17)16-11-6-4-5-10(2)9-11/h4-6,9,12H,3,7-8H2,1-2H3,(H,16,17). The molecule has 1 atom stereocenters. The van der Waals surface area contributed by atoms with Crippen LogP contribution in [0.3, 0.4) is 0 Å². The van der Waals surface area contributed by atoms with E-state index in [-0.39, 0.29) is 11.2 Å². The van der Waals surface area contributed by atoms with E-state index < -0.39 is 0 Å². The van der Waals surface area contributed by atoms with Gasteiger partial charge in [0, 0.05) is 11.4 Å². The Morgan fingerprint density at radius 2 is 2.42 bits per heavy atom. The number of anilines is 1. The van der Waals surface area contributed by atoms with Crippen molar-refractivity contribution in [3.63, 3.8) is 0 Å². The number of thioether (sulfide) groups is 2. The molecular formula is C14H18N2OS2. The zero-order chi connectivity index (χ0) is 13.7. The molecule has 0 aromatic heterocycles. The quantitative estimate of drug-likeness (QED) is 0.923. The number of benzene rings is 1. The van der Waals surface area contributed by atoms with Gasteiger partial charge >= 0.3 is 0 Å². The summed E-state index contributed by atoms with van der Waals surface area (Å²) in [7, 11) is 0. The third-order valence-electron chi connectivity index (χ3n) is 2.75. The second-order valence-electron chi connectivity index (χ2n) is 4.37. The van der Waals surface area contributed by atoms with Gasteiger partial charge in [0.05, 0.1) is 11.8 Å². The first kappa shape index (κ1) is 14.5. The number of rotatable bonds is 4. The van der Waals surface area contributed by atoms with Gasteiger partial charge in [-0.2, -0.15) is 0 Å². The van der Waals surface area contributed by atoms with Crippen LogP contribution in [-0.2, 0) is 4.79 Å². The van der Waals surface area contributed by atoms with Crippen LogP contribution in [0.4, 0.5) is 5.69 Å². The highest BCUT2D eigenvalue weighted by Gasteiger charge is 2.21. The van der Waals surface area contributed by atoms with Gasteiger partial charge in [-0.1, -0.05) is 42.6 Å². The Morgan fingerprint density at radius 3 is 3.05 bits per heavy atom. The van der Waals surface area contributed by atoms with E-state index >= 15 is 0 Å². The molecule has 1 aliphatic rings. The van der Waals surface area contributed by atoms with Gasteiger partial charge < -0.3 is 5.32 Å². The Bertz CT molecular complexity index is 488. The summed E-state index contributed by atoms with van der Waals surface area (Å²) in [6.45, 7) is 4.93. The molecule has 1 unspecified atom stereocenters. The molecule has 1 aliphatic heterocycles.